The zero-order valence-corrected chi connectivity index (χ0v) is 21.5. The number of unbranched alkanes of at least 4 members (excludes halogenated alkanes) is 1. The predicted molar refractivity (Wildman–Crippen MR) is 146 cm³/mol. The van der Waals surface area contributed by atoms with Crippen LogP contribution < -0.4 is 24.3 Å². The number of hydrogen-bond acceptors (Lipinski definition) is 7. The summed E-state index contributed by atoms with van der Waals surface area (Å²) in [5.74, 6) is 2.56. The van der Waals surface area contributed by atoms with Crippen molar-refractivity contribution in [2.75, 3.05) is 13.7 Å². The van der Waals surface area contributed by atoms with E-state index in [1.165, 1.54) is 15.9 Å². The van der Waals surface area contributed by atoms with Gasteiger partial charge in [0.1, 0.15) is 12.4 Å². The van der Waals surface area contributed by atoms with E-state index in [1.54, 1.807) is 7.11 Å². The number of fused-ring (bicyclic) bond motifs is 1. The van der Waals surface area contributed by atoms with Crippen LogP contribution in [-0.2, 0) is 6.61 Å². The Morgan fingerprint density at radius 2 is 1.78 bits per heavy atom. The van der Waals surface area contributed by atoms with Gasteiger partial charge in [-0.15, -0.1) is 5.10 Å². The van der Waals surface area contributed by atoms with Crippen molar-refractivity contribution < 1.29 is 14.2 Å². The molecule has 5 aromatic rings. The Hall–Kier alpha value is -4.17. The minimum Gasteiger partial charge on any atom is -0.494 e. The SMILES string of the molecule is CCCCOc1ccc(-c2nc3s/c(=C\c4ccc(OCc5ccccc5)c(OC)c4)c(=O)n3n2)cc1. The molecule has 0 spiro atoms. The van der Waals surface area contributed by atoms with Crippen LogP contribution in [0.3, 0.4) is 0 Å². The molecule has 0 radical (unpaired) electrons. The van der Waals surface area contributed by atoms with Crippen molar-refractivity contribution in [3.05, 3.63) is 98.8 Å². The van der Waals surface area contributed by atoms with Crippen LogP contribution in [0.4, 0.5) is 0 Å². The Morgan fingerprint density at radius 3 is 2.51 bits per heavy atom. The number of ether oxygens (including phenoxy) is 3. The minimum atomic E-state index is -0.207. The lowest BCUT2D eigenvalue weighted by atomic mass is 10.2. The first-order valence-electron chi connectivity index (χ1n) is 12.1. The molecule has 0 unspecified atom stereocenters. The molecule has 188 valence electrons. The van der Waals surface area contributed by atoms with E-state index >= 15 is 0 Å². The van der Waals surface area contributed by atoms with Gasteiger partial charge >= 0.3 is 0 Å². The second-order valence-electron chi connectivity index (χ2n) is 8.46. The Morgan fingerprint density at radius 1 is 0.973 bits per heavy atom. The number of aromatic nitrogens is 3. The molecule has 0 aliphatic heterocycles. The Bertz CT molecular complexity index is 1590. The molecule has 0 fully saturated rings. The van der Waals surface area contributed by atoms with Gasteiger partial charge in [0.2, 0.25) is 4.96 Å². The fourth-order valence-corrected chi connectivity index (χ4v) is 4.68. The molecule has 0 bridgehead atoms. The van der Waals surface area contributed by atoms with Gasteiger partial charge < -0.3 is 14.2 Å². The third-order valence-corrected chi connectivity index (χ3v) is 6.74. The monoisotopic (exact) mass is 513 g/mol. The van der Waals surface area contributed by atoms with E-state index in [4.69, 9.17) is 14.2 Å². The summed E-state index contributed by atoms with van der Waals surface area (Å²) in [4.78, 5) is 18.1. The molecule has 0 amide bonds. The molecular formula is C29H27N3O4S. The summed E-state index contributed by atoms with van der Waals surface area (Å²) >= 11 is 1.30. The Balaban J connectivity index is 1.35. The van der Waals surface area contributed by atoms with E-state index in [0.29, 0.717) is 40.0 Å². The van der Waals surface area contributed by atoms with E-state index in [9.17, 15) is 4.79 Å². The van der Waals surface area contributed by atoms with E-state index in [1.807, 2.05) is 78.9 Å². The van der Waals surface area contributed by atoms with Crippen molar-refractivity contribution in [2.24, 2.45) is 0 Å². The number of hydrogen-bond donors (Lipinski definition) is 0. The van der Waals surface area contributed by atoms with Crippen molar-refractivity contribution in [3.63, 3.8) is 0 Å². The summed E-state index contributed by atoms with van der Waals surface area (Å²) in [5, 5.41) is 4.45. The average Bonchev–Trinajstić information content (AvgIpc) is 3.48. The largest absolute Gasteiger partial charge is 0.494 e. The average molecular weight is 514 g/mol. The first-order valence-corrected chi connectivity index (χ1v) is 13.0. The fourth-order valence-electron chi connectivity index (χ4n) is 3.77. The molecular weight excluding hydrogens is 486 g/mol. The maximum absolute atomic E-state index is 13.0. The summed E-state index contributed by atoms with van der Waals surface area (Å²) in [7, 11) is 1.60. The molecule has 2 aromatic heterocycles. The smallest absolute Gasteiger partial charge is 0.291 e. The number of benzene rings is 3. The number of nitrogens with zero attached hydrogens (tertiary/aromatic N) is 3. The van der Waals surface area contributed by atoms with Gasteiger partial charge in [0.15, 0.2) is 17.3 Å². The van der Waals surface area contributed by atoms with Crippen LogP contribution >= 0.6 is 11.3 Å². The maximum Gasteiger partial charge on any atom is 0.291 e. The molecule has 37 heavy (non-hydrogen) atoms. The summed E-state index contributed by atoms with van der Waals surface area (Å²) in [6, 6.07) is 23.2. The lowest BCUT2D eigenvalue weighted by Gasteiger charge is -2.11. The Labute approximate surface area is 218 Å². The third-order valence-electron chi connectivity index (χ3n) is 5.78. The summed E-state index contributed by atoms with van der Waals surface area (Å²) < 4.78 is 19.1. The third kappa shape index (κ3) is 5.65. The van der Waals surface area contributed by atoms with Gasteiger partial charge in [-0.2, -0.15) is 9.50 Å². The number of thiazole rings is 1. The lowest BCUT2D eigenvalue weighted by molar-refractivity contribution is 0.284. The lowest BCUT2D eigenvalue weighted by Crippen LogP contribution is -2.23. The van der Waals surface area contributed by atoms with Gasteiger partial charge in [0.25, 0.3) is 5.56 Å². The second-order valence-corrected chi connectivity index (χ2v) is 9.47. The molecule has 0 atom stereocenters. The maximum atomic E-state index is 13.0. The zero-order valence-electron chi connectivity index (χ0n) is 20.7. The summed E-state index contributed by atoms with van der Waals surface area (Å²) in [5.41, 5.74) is 2.52. The molecule has 0 saturated carbocycles. The molecule has 7 nitrogen and oxygen atoms in total. The van der Waals surface area contributed by atoms with Crippen molar-refractivity contribution in [1.29, 1.82) is 0 Å². The van der Waals surface area contributed by atoms with E-state index < -0.39 is 0 Å². The zero-order chi connectivity index (χ0) is 25.6. The highest BCUT2D eigenvalue weighted by Gasteiger charge is 2.13. The summed E-state index contributed by atoms with van der Waals surface area (Å²) in [6.45, 7) is 3.27. The topological polar surface area (TPSA) is 75.0 Å². The van der Waals surface area contributed by atoms with Crippen LogP contribution in [0.15, 0.2) is 77.6 Å². The van der Waals surface area contributed by atoms with Crippen molar-refractivity contribution in [3.8, 4) is 28.6 Å². The van der Waals surface area contributed by atoms with Crippen molar-refractivity contribution >= 4 is 22.4 Å². The highest BCUT2D eigenvalue weighted by Crippen LogP contribution is 2.29. The fraction of sp³-hybridized carbons (Fsp3) is 0.207. The molecule has 0 aliphatic carbocycles. The van der Waals surface area contributed by atoms with Crippen LogP contribution in [0.5, 0.6) is 17.2 Å². The first kappa shape index (κ1) is 24.5. The van der Waals surface area contributed by atoms with Gasteiger partial charge in [-0.05, 0) is 60.0 Å². The molecule has 2 heterocycles. The molecule has 0 aliphatic rings. The second kappa shape index (κ2) is 11.3. The highest BCUT2D eigenvalue weighted by atomic mass is 32.1. The molecule has 0 N–H and O–H groups in total. The van der Waals surface area contributed by atoms with E-state index in [2.05, 4.69) is 17.0 Å². The van der Waals surface area contributed by atoms with Crippen LogP contribution in [0.1, 0.15) is 30.9 Å². The summed E-state index contributed by atoms with van der Waals surface area (Å²) in [6.07, 6.45) is 3.92. The molecule has 8 heteroatoms. The van der Waals surface area contributed by atoms with Gasteiger partial charge in [-0.3, -0.25) is 4.79 Å². The van der Waals surface area contributed by atoms with Gasteiger partial charge in [0, 0.05) is 5.56 Å². The van der Waals surface area contributed by atoms with Gasteiger partial charge in [0.05, 0.1) is 18.2 Å². The highest BCUT2D eigenvalue weighted by molar-refractivity contribution is 7.15. The molecule has 5 rings (SSSR count). The first-order chi connectivity index (χ1) is 18.1. The number of methoxy groups -OCH3 is 1. The predicted octanol–water partition coefficient (Wildman–Crippen LogP) is 5.13. The van der Waals surface area contributed by atoms with Crippen LogP contribution in [-0.4, -0.2) is 28.3 Å². The van der Waals surface area contributed by atoms with E-state index in [0.717, 1.165) is 35.3 Å². The van der Waals surface area contributed by atoms with Gasteiger partial charge in [-0.1, -0.05) is 61.1 Å². The quantitative estimate of drug-likeness (QED) is 0.241. The molecule has 3 aromatic carbocycles. The normalized spacial score (nSPS) is 11.7. The number of rotatable bonds is 10. The van der Waals surface area contributed by atoms with Gasteiger partial charge in [-0.25, -0.2) is 0 Å². The minimum absolute atomic E-state index is 0.207. The van der Waals surface area contributed by atoms with Crippen molar-refractivity contribution in [1.82, 2.24) is 14.6 Å². The van der Waals surface area contributed by atoms with Crippen LogP contribution in [0.2, 0.25) is 0 Å². The van der Waals surface area contributed by atoms with Crippen molar-refractivity contribution in [2.45, 2.75) is 26.4 Å². The van der Waals surface area contributed by atoms with E-state index in [-0.39, 0.29) is 5.56 Å². The Kier molecular flexibility index (Phi) is 7.46. The van der Waals surface area contributed by atoms with Crippen LogP contribution in [0, 0.1) is 0 Å². The molecule has 0 saturated heterocycles. The van der Waals surface area contributed by atoms with Crippen LogP contribution in [0.25, 0.3) is 22.4 Å². The standard InChI is InChI=1S/C29H27N3O4S/c1-3-4-16-35-23-13-11-22(12-14-23)27-30-29-32(31-27)28(33)26(37-29)18-21-10-15-24(25(17-21)34-2)36-19-20-8-6-5-7-9-20/h5-15,17-18H,3-4,16,19H2,1-2H3/b26-18-.